The van der Waals surface area contributed by atoms with Crippen LogP contribution in [0.3, 0.4) is 0 Å². The summed E-state index contributed by atoms with van der Waals surface area (Å²) in [6.45, 7) is -0.269. The zero-order valence-corrected chi connectivity index (χ0v) is 21.1. The van der Waals surface area contributed by atoms with Crippen molar-refractivity contribution in [2.45, 2.75) is 12.1 Å². The fourth-order valence-corrected chi connectivity index (χ4v) is 3.60. The van der Waals surface area contributed by atoms with Crippen LogP contribution < -0.4 is 20.1 Å². The maximum absolute atomic E-state index is 12.9. The fraction of sp³-hybridized carbons (Fsp3) is 0.364. The van der Waals surface area contributed by atoms with Crippen molar-refractivity contribution in [2.75, 3.05) is 39.1 Å². The van der Waals surface area contributed by atoms with E-state index in [1.165, 1.54) is 14.2 Å². The van der Waals surface area contributed by atoms with E-state index in [1.807, 2.05) is 0 Å². The molecule has 194 valence electrons. The van der Waals surface area contributed by atoms with Crippen molar-refractivity contribution in [1.29, 1.82) is 0 Å². The van der Waals surface area contributed by atoms with Gasteiger partial charge in [-0.1, -0.05) is 24.3 Å². The average Bonchev–Trinajstić information content (AvgIpc) is 2.92. The minimum Gasteiger partial charge on any atom is -0.497 e. The molecule has 2 atom stereocenters. The van der Waals surface area contributed by atoms with Gasteiger partial charge in [0.15, 0.2) is 0 Å². The summed E-state index contributed by atoms with van der Waals surface area (Å²) in [5.74, 6) is 1.07. The van der Waals surface area contributed by atoms with Gasteiger partial charge in [0.25, 0.3) is 0 Å². The van der Waals surface area contributed by atoms with Crippen LogP contribution in [0.2, 0.25) is 0 Å². The number of ether oxygens (including phenoxy) is 2. The van der Waals surface area contributed by atoms with Crippen LogP contribution in [-0.4, -0.2) is 61.1 Å². The van der Waals surface area contributed by atoms with Crippen molar-refractivity contribution in [3.8, 4) is 11.5 Å². The first kappa shape index (κ1) is 28.6. The minimum absolute atomic E-state index is 0.0244. The van der Waals surface area contributed by atoms with E-state index in [9.17, 15) is 19.4 Å². The van der Waals surface area contributed by atoms with Crippen molar-refractivity contribution in [2.24, 2.45) is 10.6 Å². The van der Waals surface area contributed by atoms with Crippen molar-refractivity contribution in [1.82, 2.24) is 20.7 Å². The van der Waals surface area contributed by atoms with Crippen LogP contribution in [0.1, 0.15) is 23.2 Å². The topological polar surface area (TPSA) is 142 Å². The Labute approximate surface area is 217 Å². The number of methoxy groups -OCH3 is 2. The highest BCUT2D eigenvalue weighted by molar-refractivity contribution is 6.18. The molecule has 0 aromatic heterocycles. The fourth-order valence-electron chi connectivity index (χ4n) is 3.27. The summed E-state index contributed by atoms with van der Waals surface area (Å²) in [5, 5.41) is 12.1. The number of nitroso groups, excluding NO2 is 2. The molecule has 12 nitrogen and oxygen atoms in total. The molecule has 0 fully saturated rings. The Morgan fingerprint density at radius 1 is 0.750 bits per heavy atom. The second kappa shape index (κ2) is 14.7. The molecule has 0 heterocycles. The van der Waals surface area contributed by atoms with Crippen LogP contribution in [0.4, 0.5) is 9.59 Å². The standard InChI is InChI=1S/C22H26Cl2N6O6/c1-35-17-7-3-15(4-8-17)19(25-21(31)29(27-33)13-11-23)20(16-5-9-18(36-2)10-6-16)26-22(32)30(28-34)14-12-24/h3-10,19-20H,11-14H2,1-2H3,(H,25,31)(H,26,32). The Morgan fingerprint density at radius 2 is 1.08 bits per heavy atom. The van der Waals surface area contributed by atoms with Crippen molar-refractivity contribution in [3.05, 3.63) is 69.5 Å². The summed E-state index contributed by atoms with van der Waals surface area (Å²) in [7, 11) is 3.01. The van der Waals surface area contributed by atoms with Crippen LogP contribution in [0, 0.1) is 9.81 Å². The number of halogens is 2. The molecule has 0 radical (unpaired) electrons. The van der Waals surface area contributed by atoms with Gasteiger partial charge in [-0.2, -0.15) is 10.0 Å². The highest BCUT2D eigenvalue weighted by Crippen LogP contribution is 2.32. The molecule has 36 heavy (non-hydrogen) atoms. The Morgan fingerprint density at radius 3 is 1.33 bits per heavy atom. The molecule has 0 aliphatic heterocycles. The lowest BCUT2D eigenvalue weighted by Gasteiger charge is -2.31. The lowest BCUT2D eigenvalue weighted by atomic mass is 9.93. The van der Waals surface area contributed by atoms with Gasteiger partial charge in [-0.05, 0) is 35.4 Å². The highest BCUT2D eigenvalue weighted by atomic mass is 35.5. The van der Waals surface area contributed by atoms with E-state index >= 15 is 0 Å². The van der Waals surface area contributed by atoms with Crippen molar-refractivity contribution >= 4 is 35.3 Å². The second-order valence-corrected chi connectivity index (χ2v) is 7.94. The van der Waals surface area contributed by atoms with Gasteiger partial charge in [-0.25, -0.2) is 9.59 Å². The van der Waals surface area contributed by atoms with E-state index in [0.29, 0.717) is 32.6 Å². The van der Waals surface area contributed by atoms with Crippen molar-refractivity contribution in [3.63, 3.8) is 0 Å². The summed E-state index contributed by atoms with van der Waals surface area (Å²) in [6, 6.07) is 9.84. The summed E-state index contributed by atoms with van der Waals surface area (Å²) in [5.41, 5.74) is 1.09. The van der Waals surface area contributed by atoms with Gasteiger partial charge in [-0.15, -0.1) is 33.0 Å². The number of nitrogens with zero attached hydrogens (tertiary/aromatic N) is 4. The van der Waals surface area contributed by atoms with Crippen LogP contribution in [-0.2, 0) is 0 Å². The summed E-state index contributed by atoms with van der Waals surface area (Å²) in [4.78, 5) is 48.2. The Kier molecular flexibility index (Phi) is 11.7. The molecule has 2 aromatic carbocycles. The third-order valence-corrected chi connectivity index (χ3v) is 5.44. The Balaban J connectivity index is 2.57. The monoisotopic (exact) mass is 540 g/mol. The SMILES string of the molecule is COc1ccc(C(NC(=O)N(CCCl)N=O)C(NC(=O)N(CCCl)N=O)c2ccc(OC)cc2)cc1. The molecule has 0 saturated carbocycles. The number of urea groups is 2. The highest BCUT2D eigenvalue weighted by Gasteiger charge is 2.31. The average molecular weight is 541 g/mol. The number of carbonyl (C=O) groups excluding carboxylic acids is 2. The number of rotatable bonds is 13. The number of hydrogen-bond donors (Lipinski definition) is 2. The quantitative estimate of drug-likeness (QED) is 0.219. The zero-order valence-electron chi connectivity index (χ0n) is 19.6. The van der Waals surface area contributed by atoms with Crippen LogP contribution in [0.25, 0.3) is 0 Å². The summed E-state index contributed by atoms with van der Waals surface area (Å²) in [6.07, 6.45) is 0. The van der Waals surface area contributed by atoms with Gasteiger partial charge in [0, 0.05) is 11.8 Å². The van der Waals surface area contributed by atoms with Gasteiger partial charge in [-0.3, -0.25) is 0 Å². The maximum atomic E-state index is 12.9. The zero-order chi connectivity index (χ0) is 26.5. The minimum atomic E-state index is -0.940. The molecule has 2 unspecified atom stereocenters. The van der Waals surface area contributed by atoms with Crippen LogP contribution >= 0.6 is 23.2 Å². The van der Waals surface area contributed by atoms with Gasteiger partial charge < -0.3 is 20.1 Å². The number of nitrogens with one attached hydrogen (secondary N) is 2. The largest absolute Gasteiger partial charge is 0.497 e. The van der Waals surface area contributed by atoms with E-state index < -0.39 is 24.1 Å². The Hall–Kier alpha value is -3.64. The number of alkyl halides is 2. The molecule has 14 heteroatoms. The van der Waals surface area contributed by atoms with Crippen LogP contribution in [0.15, 0.2) is 59.1 Å². The first-order chi connectivity index (χ1) is 17.4. The van der Waals surface area contributed by atoms with Gasteiger partial charge >= 0.3 is 12.1 Å². The maximum Gasteiger partial charge on any atom is 0.341 e. The number of amides is 4. The number of benzene rings is 2. The van der Waals surface area contributed by atoms with Gasteiger partial charge in [0.05, 0.1) is 50.0 Å². The van der Waals surface area contributed by atoms with Crippen LogP contribution in [0.5, 0.6) is 11.5 Å². The van der Waals surface area contributed by atoms with E-state index in [4.69, 9.17) is 32.7 Å². The normalized spacial score (nSPS) is 12.0. The third kappa shape index (κ3) is 7.68. The van der Waals surface area contributed by atoms with E-state index in [1.54, 1.807) is 48.5 Å². The van der Waals surface area contributed by atoms with E-state index in [-0.39, 0.29) is 24.8 Å². The molecule has 0 saturated heterocycles. The smallest absolute Gasteiger partial charge is 0.341 e. The lowest BCUT2D eigenvalue weighted by Crippen LogP contribution is -2.47. The van der Waals surface area contributed by atoms with E-state index in [2.05, 4.69) is 21.2 Å². The molecule has 4 amide bonds. The molecule has 2 N–H and O–H groups in total. The molecule has 0 bridgehead atoms. The van der Waals surface area contributed by atoms with Gasteiger partial charge in [0.1, 0.15) is 11.5 Å². The third-order valence-electron chi connectivity index (χ3n) is 5.10. The molecular weight excluding hydrogens is 515 g/mol. The molecule has 2 aromatic rings. The summed E-state index contributed by atoms with van der Waals surface area (Å²) < 4.78 is 10.4. The molecule has 2 rings (SSSR count). The first-order valence-electron chi connectivity index (χ1n) is 10.6. The molecule has 0 spiro atoms. The van der Waals surface area contributed by atoms with Gasteiger partial charge in [0.2, 0.25) is 0 Å². The number of hydrogen-bond acceptors (Lipinski definition) is 8. The predicted molar refractivity (Wildman–Crippen MR) is 135 cm³/mol. The summed E-state index contributed by atoms with van der Waals surface area (Å²) >= 11 is 11.4. The Bertz CT molecular complexity index is 930. The van der Waals surface area contributed by atoms with Crippen molar-refractivity contribution < 1.29 is 19.1 Å². The van der Waals surface area contributed by atoms with E-state index in [0.717, 1.165) is 0 Å². The molecule has 0 aliphatic carbocycles. The first-order valence-corrected chi connectivity index (χ1v) is 11.7. The molecular formula is C22H26Cl2N6O6. The second-order valence-electron chi connectivity index (χ2n) is 7.19. The predicted octanol–water partition coefficient (Wildman–Crippen LogP) is 4.35. The number of carbonyl (C=O) groups is 2. The molecule has 0 aliphatic rings. The lowest BCUT2D eigenvalue weighted by molar-refractivity contribution is 0.185.